The molecule has 0 N–H and O–H groups in total. The first-order chi connectivity index (χ1) is 16.1. The second-order valence-corrected chi connectivity index (χ2v) is 10.8. The van der Waals surface area contributed by atoms with E-state index in [1.54, 1.807) is 25.1 Å². The lowest BCUT2D eigenvalue weighted by Gasteiger charge is -2.59. The van der Waals surface area contributed by atoms with Gasteiger partial charge >= 0.3 is 11.6 Å². The van der Waals surface area contributed by atoms with Gasteiger partial charge in [0.05, 0.1) is 6.61 Å². The summed E-state index contributed by atoms with van der Waals surface area (Å²) in [6.45, 7) is 15.5. The van der Waals surface area contributed by atoms with Crippen LogP contribution in [0.5, 0.6) is 5.75 Å². The number of hydrogen-bond donors (Lipinski definition) is 0. The third-order valence-corrected chi connectivity index (χ3v) is 8.53. The minimum atomic E-state index is -0.370. The van der Waals surface area contributed by atoms with E-state index in [0.29, 0.717) is 29.4 Å². The van der Waals surface area contributed by atoms with Gasteiger partial charge in [0.1, 0.15) is 17.4 Å². The van der Waals surface area contributed by atoms with Gasteiger partial charge in [-0.15, -0.1) is 0 Å². The Labute approximate surface area is 201 Å². The smallest absolute Gasteiger partial charge is 0.336 e. The van der Waals surface area contributed by atoms with Crippen LogP contribution in [0.15, 0.2) is 63.3 Å². The predicted molar refractivity (Wildman–Crippen MR) is 134 cm³/mol. The number of ether oxygens (including phenoxy) is 2. The molecule has 0 radical (unpaired) electrons. The minimum absolute atomic E-state index is 0.000786. The normalized spacial score (nSPS) is 28.9. The van der Waals surface area contributed by atoms with Crippen LogP contribution in [0.1, 0.15) is 60.3 Å². The summed E-state index contributed by atoms with van der Waals surface area (Å²) in [6.07, 6.45) is 5.46. The summed E-state index contributed by atoms with van der Waals surface area (Å²) >= 11 is 0. The second-order valence-electron chi connectivity index (χ2n) is 10.8. The van der Waals surface area contributed by atoms with Gasteiger partial charge in [-0.1, -0.05) is 39.0 Å². The molecule has 2 aliphatic carbocycles. The summed E-state index contributed by atoms with van der Waals surface area (Å²) in [5.74, 6) is 1.04. The van der Waals surface area contributed by atoms with E-state index in [2.05, 4.69) is 27.4 Å². The molecule has 0 amide bonds. The number of rotatable bonds is 5. The van der Waals surface area contributed by atoms with E-state index in [0.717, 1.165) is 31.1 Å². The van der Waals surface area contributed by atoms with E-state index in [1.807, 2.05) is 19.1 Å². The molecule has 0 bridgehead atoms. The summed E-state index contributed by atoms with van der Waals surface area (Å²) in [6, 6.07) is 8.78. The molecule has 2 fully saturated rings. The van der Waals surface area contributed by atoms with E-state index in [4.69, 9.17) is 13.9 Å². The molecular formula is C29H36O5. The molecule has 4 rings (SSSR count). The van der Waals surface area contributed by atoms with Crippen LogP contribution in [0.25, 0.3) is 11.0 Å². The van der Waals surface area contributed by atoms with Crippen molar-refractivity contribution >= 4 is 16.9 Å². The maximum atomic E-state index is 12.5. The van der Waals surface area contributed by atoms with Crippen LogP contribution >= 0.6 is 0 Å². The van der Waals surface area contributed by atoms with E-state index in [-0.39, 0.29) is 34.4 Å². The fourth-order valence-electron chi connectivity index (χ4n) is 6.32. The number of hydrogen-bond acceptors (Lipinski definition) is 5. The Kier molecular flexibility index (Phi) is 6.50. The van der Waals surface area contributed by atoms with Crippen LogP contribution in [-0.4, -0.2) is 18.7 Å². The van der Waals surface area contributed by atoms with Crippen LogP contribution in [0.4, 0.5) is 0 Å². The molecule has 2 aromatic rings. The Morgan fingerprint density at radius 2 is 1.94 bits per heavy atom. The van der Waals surface area contributed by atoms with Crippen molar-refractivity contribution in [1.82, 2.24) is 0 Å². The van der Waals surface area contributed by atoms with E-state index in [9.17, 15) is 9.59 Å². The topological polar surface area (TPSA) is 65.7 Å². The van der Waals surface area contributed by atoms with Crippen molar-refractivity contribution in [3.05, 3.63) is 64.6 Å². The van der Waals surface area contributed by atoms with Gasteiger partial charge in [-0.2, -0.15) is 0 Å². The fraction of sp³-hybridized carbons (Fsp3) is 0.517. The predicted octanol–water partition coefficient (Wildman–Crippen LogP) is 6.46. The van der Waals surface area contributed by atoms with Crippen molar-refractivity contribution in [3.63, 3.8) is 0 Å². The molecule has 5 heteroatoms. The van der Waals surface area contributed by atoms with Gasteiger partial charge in [0, 0.05) is 34.4 Å². The summed E-state index contributed by atoms with van der Waals surface area (Å²) in [5.41, 5.74) is 1.88. The van der Waals surface area contributed by atoms with Crippen LogP contribution in [0, 0.1) is 22.7 Å². The summed E-state index contributed by atoms with van der Waals surface area (Å²) in [7, 11) is 0. The zero-order valence-electron chi connectivity index (χ0n) is 21.0. The Balaban J connectivity index is 1.54. The van der Waals surface area contributed by atoms with E-state index < -0.39 is 0 Å². The van der Waals surface area contributed by atoms with Crippen LogP contribution in [0.2, 0.25) is 0 Å². The third-order valence-electron chi connectivity index (χ3n) is 8.53. The van der Waals surface area contributed by atoms with Crippen molar-refractivity contribution < 1.29 is 18.7 Å². The lowest BCUT2D eigenvalue weighted by atomic mass is 9.47. The molecule has 1 heterocycles. The van der Waals surface area contributed by atoms with Crippen molar-refractivity contribution in [1.29, 1.82) is 0 Å². The van der Waals surface area contributed by atoms with Gasteiger partial charge in [-0.05, 0) is 69.1 Å². The van der Waals surface area contributed by atoms with Crippen molar-refractivity contribution in [3.8, 4) is 5.75 Å². The summed E-state index contributed by atoms with van der Waals surface area (Å²) in [4.78, 5) is 24.1. The zero-order valence-corrected chi connectivity index (χ0v) is 21.0. The average molecular weight is 465 g/mol. The molecule has 34 heavy (non-hydrogen) atoms. The maximum absolute atomic E-state index is 12.5. The van der Waals surface area contributed by atoms with Crippen molar-refractivity contribution in [2.75, 3.05) is 6.61 Å². The molecule has 0 aliphatic heterocycles. The first-order valence-corrected chi connectivity index (χ1v) is 12.2. The highest BCUT2D eigenvalue weighted by molar-refractivity contribution is 5.87. The first-order valence-electron chi connectivity index (χ1n) is 12.2. The Hall–Kier alpha value is -2.82. The van der Waals surface area contributed by atoms with Crippen molar-refractivity contribution in [2.24, 2.45) is 22.7 Å². The Morgan fingerprint density at radius 1 is 1.21 bits per heavy atom. The molecular weight excluding hydrogens is 428 g/mol. The van der Waals surface area contributed by atoms with Crippen LogP contribution in [-0.2, 0) is 9.53 Å². The van der Waals surface area contributed by atoms with E-state index >= 15 is 0 Å². The highest BCUT2D eigenvalue weighted by atomic mass is 16.5. The molecule has 0 spiro atoms. The van der Waals surface area contributed by atoms with E-state index in [1.165, 1.54) is 11.6 Å². The zero-order chi connectivity index (χ0) is 24.7. The molecule has 5 nitrogen and oxygen atoms in total. The van der Waals surface area contributed by atoms with Gasteiger partial charge in [-0.25, -0.2) is 9.59 Å². The molecule has 2 saturated carbocycles. The first kappa shape index (κ1) is 24.3. The Bertz CT molecular complexity index is 1190. The Morgan fingerprint density at radius 3 is 2.68 bits per heavy atom. The van der Waals surface area contributed by atoms with Crippen molar-refractivity contribution in [2.45, 2.75) is 66.4 Å². The molecule has 0 unspecified atom stereocenters. The largest absolute Gasteiger partial charge is 0.493 e. The number of carbonyl (C=O) groups excluding carboxylic acids is 1. The third kappa shape index (κ3) is 4.33. The monoisotopic (exact) mass is 464 g/mol. The highest BCUT2D eigenvalue weighted by Crippen LogP contribution is 2.61. The number of benzene rings is 1. The summed E-state index contributed by atoms with van der Waals surface area (Å²) < 4.78 is 17.6. The maximum Gasteiger partial charge on any atom is 0.336 e. The molecule has 1 aromatic carbocycles. The molecule has 0 saturated heterocycles. The number of fused-ring (bicyclic) bond motifs is 2. The van der Waals surface area contributed by atoms with Crippen LogP contribution < -0.4 is 10.4 Å². The number of allylic oxidation sites excluding steroid dienone is 1. The number of esters is 1. The number of carbonyl (C=O) groups is 1. The van der Waals surface area contributed by atoms with Gasteiger partial charge in [0.2, 0.25) is 0 Å². The summed E-state index contributed by atoms with van der Waals surface area (Å²) in [5, 5.41) is 0.865. The molecule has 4 atom stereocenters. The molecule has 182 valence electrons. The van der Waals surface area contributed by atoms with Gasteiger partial charge in [0.15, 0.2) is 0 Å². The molecule has 2 aliphatic rings. The fourth-order valence-corrected chi connectivity index (χ4v) is 6.32. The van der Waals surface area contributed by atoms with Gasteiger partial charge in [-0.3, -0.25) is 0 Å². The average Bonchev–Trinajstić information content (AvgIpc) is 2.79. The van der Waals surface area contributed by atoms with Gasteiger partial charge < -0.3 is 13.9 Å². The highest BCUT2D eigenvalue weighted by Gasteiger charge is 2.57. The SMILES string of the molecule is C=C1CC[C@@H]2C(C)(C)[C@H](OC(=O)/C(C)=C\C)CC[C@]2(C)[C@@H]1COc1ccc2ccc(=O)oc2c1. The quantitative estimate of drug-likeness (QED) is 0.220. The lowest BCUT2D eigenvalue weighted by molar-refractivity contribution is -0.173. The second kappa shape index (κ2) is 9.09. The van der Waals surface area contributed by atoms with Crippen LogP contribution in [0.3, 0.4) is 0 Å². The minimum Gasteiger partial charge on any atom is -0.493 e. The van der Waals surface area contributed by atoms with Gasteiger partial charge in [0.25, 0.3) is 0 Å². The molecule has 1 aromatic heterocycles. The lowest BCUT2D eigenvalue weighted by Crippen LogP contribution is -2.56. The standard InChI is InChI=1S/C29H36O5/c1-7-18(2)27(31)34-25-14-15-29(6)22(19(3)8-12-24(29)28(25,4)5)17-32-21-11-9-20-10-13-26(30)33-23(20)16-21/h7,9-11,13,16,22,24-25H,3,8,12,14-15,17H2,1-2,4-6H3/b18-7-/t22-,24-,25-,29-/m1/s1.